The molecule has 0 radical (unpaired) electrons. The van der Waals surface area contributed by atoms with E-state index in [0.717, 1.165) is 24.9 Å². The van der Waals surface area contributed by atoms with Crippen molar-refractivity contribution in [2.24, 2.45) is 0 Å². The maximum atomic E-state index is 13.9. The van der Waals surface area contributed by atoms with Crippen molar-refractivity contribution in [3.8, 4) is 0 Å². The van der Waals surface area contributed by atoms with Gasteiger partial charge >= 0.3 is 0 Å². The second-order valence-electron chi connectivity index (χ2n) is 5.18. The monoisotopic (exact) mass is 300 g/mol. The van der Waals surface area contributed by atoms with E-state index >= 15 is 0 Å². The summed E-state index contributed by atoms with van der Waals surface area (Å²) >= 11 is 0. The number of nitrogens with one attached hydrogen (secondary N) is 1. The first kappa shape index (κ1) is 15.4. The second-order valence-corrected chi connectivity index (χ2v) is 7.09. The summed E-state index contributed by atoms with van der Waals surface area (Å²) in [6, 6.07) is 4.35. The summed E-state index contributed by atoms with van der Waals surface area (Å²) < 4.78 is 40.4. The topological polar surface area (TPSA) is 49.4 Å². The molecule has 0 amide bonds. The van der Waals surface area contributed by atoms with Gasteiger partial charge < -0.3 is 5.32 Å². The van der Waals surface area contributed by atoms with Crippen LogP contribution < -0.4 is 5.32 Å². The molecule has 2 rings (SSSR count). The lowest BCUT2D eigenvalue weighted by atomic mass is 10.2. The largest absolute Gasteiger partial charge is 0.313 e. The Kier molecular flexibility index (Phi) is 4.78. The predicted octanol–water partition coefficient (Wildman–Crippen LogP) is 1.90. The van der Waals surface area contributed by atoms with Crippen LogP contribution in [0.5, 0.6) is 0 Å². The van der Waals surface area contributed by atoms with Gasteiger partial charge in [0.25, 0.3) is 0 Å². The van der Waals surface area contributed by atoms with Crippen LogP contribution in [0.3, 0.4) is 0 Å². The summed E-state index contributed by atoms with van der Waals surface area (Å²) in [5.74, 6) is -0.687. The van der Waals surface area contributed by atoms with Crippen LogP contribution in [0.2, 0.25) is 0 Å². The number of halogens is 1. The van der Waals surface area contributed by atoms with E-state index in [-0.39, 0.29) is 10.9 Å². The fourth-order valence-electron chi connectivity index (χ4n) is 2.50. The molecule has 1 fully saturated rings. The van der Waals surface area contributed by atoms with Gasteiger partial charge in [-0.2, -0.15) is 4.31 Å². The van der Waals surface area contributed by atoms with Gasteiger partial charge in [-0.15, -0.1) is 0 Å². The number of sulfonamides is 1. The Morgan fingerprint density at radius 2 is 2.20 bits per heavy atom. The van der Waals surface area contributed by atoms with E-state index in [1.54, 1.807) is 19.9 Å². The molecule has 0 aliphatic carbocycles. The Morgan fingerprint density at radius 1 is 1.45 bits per heavy atom. The van der Waals surface area contributed by atoms with E-state index in [0.29, 0.717) is 13.1 Å². The molecule has 1 unspecified atom stereocenters. The molecule has 1 aliphatic heterocycles. The van der Waals surface area contributed by atoms with Gasteiger partial charge in [0.05, 0.1) is 0 Å². The molecule has 1 aromatic carbocycles. The average Bonchev–Trinajstić information content (AvgIpc) is 2.91. The zero-order chi connectivity index (χ0) is 14.8. The van der Waals surface area contributed by atoms with Gasteiger partial charge in [0.15, 0.2) is 0 Å². The van der Waals surface area contributed by atoms with E-state index in [1.165, 1.54) is 16.4 Å². The zero-order valence-electron chi connectivity index (χ0n) is 11.9. The van der Waals surface area contributed by atoms with Crippen LogP contribution in [0.1, 0.15) is 25.3 Å². The Balaban J connectivity index is 2.28. The third-order valence-corrected chi connectivity index (χ3v) is 5.60. The zero-order valence-corrected chi connectivity index (χ0v) is 12.7. The standard InChI is InChI=1S/C14H21FN2O2S/c1-3-17(10-12-5-4-8-16-12)20(18,19)14-9-11(2)6-7-13(14)15/h6-7,9,12,16H,3-5,8,10H2,1-2H3. The van der Waals surface area contributed by atoms with Gasteiger partial charge in [-0.3, -0.25) is 0 Å². The van der Waals surface area contributed by atoms with Gasteiger partial charge in [-0.25, -0.2) is 12.8 Å². The highest BCUT2D eigenvalue weighted by atomic mass is 32.2. The lowest BCUT2D eigenvalue weighted by molar-refractivity contribution is 0.380. The third-order valence-electron chi connectivity index (χ3n) is 3.64. The van der Waals surface area contributed by atoms with E-state index in [4.69, 9.17) is 0 Å². The number of nitrogens with zero attached hydrogens (tertiary/aromatic N) is 1. The molecule has 0 spiro atoms. The summed E-state index contributed by atoms with van der Waals surface area (Å²) in [4.78, 5) is -0.225. The molecular weight excluding hydrogens is 279 g/mol. The number of aryl methyl sites for hydroxylation is 1. The molecule has 1 aliphatic rings. The molecule has 1 heterocycles. The Labute approximate surface area is 120 Å². The van der Waals surface area contributed by atoms with Crippen LogP contribution in [0, 0.1) is 12.7 Å². The molecule has 20 heavy (non-hydrogen) atoms. The molecule has 0 bridgehead atoms. The minimum atomic E-state index is -3.77. The maximum absolute atomic E-state index is 13.9. The first-order valence-corrected chi connectivity index (χ1v) is 8.39. The molecule has 1 N–H and O–H groups in total. The van der Waals surface area contributed by atoms with E-state index in [1.807, 2.05) is 0 Å². The molecule has 4 nitrogen and oxygen atoms in total. The van der Waals surface area contributed by atoms with Crippen molar-refractivity contribution in [3.05, 3.63) is 29.6 Å². The normalized spacial score (nSPS) is 19.7. The molecule has 6 heteroatoms. The summed E-state index contributed by atoms with van der Waals surface area (Å²) in [6.07, 6.45) is 2.02. The second kappa shape index (κ2) is 6.20. The number of hydrogen-bond donors (Lipinski definition) is 1. The van der Waals surface area contributed by atoms with Gasteiger partial charge in [0.1, 0.15) is 10.7 Å². The summed E-state index contributed by atoms with van der Waals surface area (Å²) in [6.45, 7) is 5.19. The van der Waals surface area contributed by atoms with Crippen molar-refractivity contribution in [3.63, 3.8) is 0 Å². The molecule has 0 saturated carbocycles. The molecule has 112 valence electrons. The van der Waals surface area contributed by atoms with Crippen molar-refractivity contribution in [2.45, 2.75) is 37.6 Å². The molecule has 1 aromatic rings. The summed E-state index contributed by atoms with van der Waals surface area (Å²) in [7, 11) is -3.77. The fraction of sp³-hybridized carbons (Fsp3) is 0.571. The highest BCUT2D eigenvalue weighted by Gasteiger charge is 2.29. The Morgan fingerprint density at radius 3 is 2.80 bits per heavy atom. The minimum absolute atomic E-state index is 0.164. The lowest BCUT2D eigenvalue weighted by Crippen LogP contribution is -2.41. The molecule has 0 aromatic heterocycles. The third kappa shape index (κ3) is 3.19. The quantitative estimate of drug-likeness (QED) is 0.903. The summed E-state index contributed by atoms with van der Waals surface area (Å²) in [5.41, 5.74) is 0.736. The summed E-state index contributed by atoms with van der Waals surface area (Å²) in [5, 5.41) is 3.27. The van der Waals surface area contributed by atoms with Crippen LogP contribution >= 0.6 is 0 Å². The van der Waals surface area contributed by atoms with Crippen molar-refractivity contribution in [1.82, 2.24) is 9.62 Å². The van der Waals surface area contributed by atoms with Crippen LogP contribution in [-0.4, -0.2) is 38.4 Å². The predicted molar refractivity (Wildman–Crippen MR) is 76.6 cm³/mol. The number of rotatable bonds is 5. The van der Waals surface area contributed by atoms with Gasteiger partial charge in [0, 0.05) is 19.1 Å². The number of likely N-dealkylation sites (N-methyl/N-ethyl adjacent to an activating group) is 1. The Hall–Kier alpha value is -0.980. The smallest absolute Gasteiger partial charge is 0.246 e. The van der Waals surface area contributed by atoms with Gasteiger partial charge in [0.2, 0.25) is 10.0 Å². The van der Waals surface area contributed by atoms with Gasteiger partial charge in [-0.05, 0) is 44.0 Å². The highest BCUT2D eigenvalue weighted by Crippen LogP contribution is 2.21. The lowest BCUT2D eigenvalue weighted by Gasteiger charge is -2.24. The fourth-order valence-corrected chi connectivity index (χ4v) is 4.15. The van der Waals surface area contributed by atoms with Crippen molar-refractivity contribution >= 4 is 10.0 Å². The van der Waals surface area contributed by atoms with E-state index in [2.05, 4.69) is 5.32 Å². The van der Waals surface area contributed by atoms with Crippen molar-refractivity contribution < 1.29 is 12.8 Å². The molecular formula is C14H21FN2O2S. The van der Waals surface area contributed by atoms with Crippen molar-refractivity contribution in [2.75, 3.05) is 19.6 Å². The average molecular weight is 300 g/mol. The maximum Gasteiger partial charge on any atom is 0.246 e. The molecule has 1 saturated heterocycles. The first-order valence-electron chi connectivity index (χ1n) is 6.95. The minimum Gasteiger partial charge on any atom is -0.313 e. The number of hydrogen-bond acceptors (Lipinski definition) is 3. The van der Waals surface area contributed by atoms with Crippen LogP contribution in [-0.2, 0) is 10.0 Å². The SMILES string of the molecule is CCN(CC1CCCN1)S(=O)(=O)c1cc(C)ccc1F. The first-order chi connectivity index (χ1) is 9.45. The Bertz CT molecular complexity index is 569. The van der Waals surface area contributed by atoms with Crippen LogP contribution in [0.15, 0.2) is 23.1 Å². The van der Waals surface area contributed by atoms with Gasteiger partial charge in [-0.1, -0.05) is 13.0 Å². The van der Waals surface area contributed by atoms with E-state index < -0.39 is 15.8 Å². The van der Waals surface area contributed by atoms with Crippen LogP contribution in [0.4, 0.5) is 4.39 Å². The van der Waals surface area contributed by atoms with E-state index in [9.17, 15) is 12.8 Å². The molecule has 1 atom stereocenters. The van der Waals surface area contributed by atoms with Crippen LogP contribution in [0.25, 0.3) is 0 Å². The van der Waals surface area contributed by atoms with Crippen molar-refractivity contribution in [1.29, 1.82) is 0 Å². The highest BCUT2D eigenvalue weighted by molar-refractivity contribution is 7.89. The number of benzene rings is 1.